The van der Waals surface area contributed by atoms with Gasteiger partial charge in [-0.3, -0.25) is 14.5 Å². The average Bonchev–Trinajstić information content (AvgIpc) is 2.64. The fourth-order valence-electron chi connectivity index (χ4n) is 1.99. The summed E-state index contributed by atoms with van der Waals surface area (Å²) in [5.41, 5.74) is 0.882. The second kappa shape index (κ2) is 5.69. The maximum Gasteiger partial charge on any atom is 0.261 e. The smallest absolute Gasteiger partial charge is 0.261 e. The predicted molar refractivity (Wildman–Crippen MR) is 72.4 cm³/mol. The lowest BCUT2D eigenvalue weighted by Gasteiger charge is -2.06. The maximum absolute atomic E-state index is 11.8. The van der Waals surface area contributed by atoms with Crippen molar-refractivity contribution in [3.63, 3.8) is 0 Å². The highest BCUT2D eigenvalue weighted by Gasteiger charge is 2.32. The SMILES string of the molecule is C/C=C/CCCOc1ccc2c(c1)C(=O)N(C)C2=O. The second-order valence-electron chi connectivity index (χ2n) is 4.44. The number of imide groups is 1. The van der Waals surface area contributed by atoms with Gasteiger partial charge in [-0.05, 0) is 38.0 Å². The Morgan fingerprint density at radius 3 is 2.68 bits per heavy atom. The van der Waals surface area contributed by atoms with Gasteiger partial charge in [-0.15, -0.1) is 0 Å². The van der Waals surface area contributed by atoms with Crippen molar-refractivity contribution >= 4 is 11.8 Å². The molecule has 0 spiro atoms. The van der Waals surface area contributed by atoms with Gasteiger partial charge in [-0.25, -0.2) is 0 Å². The van der Waals surface area contributed by atoms with Crippen LogP contribution < -0.4 is 4.74 Å². The molecule has 0 radical (unpaired) electrons. The molecule has 0 saturated heterocycles. The first-order chi connectivity index (χ1) is 9.15. The Kier molecular flexibility index (Phi) is 4.00. The summed E-state index contributed by atoms with van der Waals surface area (Å²) in [4.78, 5) is 24.6. The van der Waals surface area contributed by atoms with Crippen LogP contribution >= 0.6 is 0 Å². The molecular formula is C15H17NO3. The zero-order chi connectivity index (χ0) is 13.8. The minimum Gasteiger partial charge on any atom is -0.494 e. The van der Waals surface area contributed by atoms with E-state index in [4.69, 9.17) is 4.74 Å². The van der Waals surface area contributed by atoms with Gasteiger partial charge in [0.1, 0.15) is 5.75 Å². The lowest BCUT2D eigenvalue weighted by molar-refractivity contribution is 0.0693. The van der Waals surface area contributed by atoms with Crippen LogP contribution in [-0.2, 0) is 0 Å². The van der Waals surface area contributed by atoms with E-state index in [1.54, 1.807) is 18.2 Å². The summed E-state index contributed by atoms with van der Waals surface area (Å²) in [6.45, 7) is 2.58. The number of ether oxygens (including phenoxy) is 1. The van der Waals surface area contributed by atoms with Crippen molar-refractivity contribution in [2.24, 2.45) is 0 Å². The Labute approximate surface area is 112 Å². The maximum atomic E-state index is 11.8. The van der Waals surface area contributed by atoms with E-state index in [-0.39, 0.29) is 11.8 Å². The number of benzene rings is 1. The van der Waals surface area contributed by atoms with Crippen molar-refractivity contribution in [2.75, 3.05) is 13.7 Å². The standard InChI is InChI=1S/C15H17NO3/c1-3-4-5-6-9-19-11-7-8-12-13(10-11)15(18)16(2)14(12)17/h3-4,7-8,10H,5-6,9H2,1-2H3/b4-3+. The minimum atomic E-state index is -0.264. The van der Waals surface area contributed by atoms with Gasteiger partial charge in [0.25, 0.3) is 11.8 Å². The summed E-state index contributed by atoms with van der Waals surface area (Å²) < 4.78 is 5.58. The predicted octanol–water partition coefficient (Wildman–Crippen LogP) is 2.65. The number of amides is 2. The van der Waals surface area contributed by atoms with Gasteiger partial charge >= 0.3 is 0 Å². The number of fused-ring (bicyclic) bond motifs is 1. The molecule has 1 heterocycles. The summed E-state index contributed by atoms with van der Waals surface area (Å²) in [6.07, 6.45) is 5.99. The van der Waals surface area contributed by atoms with Crippen molar-refractivity contribution in [2.45, 2.75) is 19.8 Å². The first-order valence-electron chi connectivity index (χ1n) is 6.35. The number of unbranched alkanes of at least 4 members (excludes halogenated alkanes) is 1. The zero-order valence-corrected chi connectivity index (χ0v) is 11.2. The molecule has 0 fully saturated rings. The summed E-state index contributed by atoms with van der Waals surface area (Å²) in [5, 5.41) is 0. The molecule has 19 heavy (non-hydrogen) atoms. The van der Waals surface area contributed by atoms with E-state index in [1.807, 2.05) is 13.0 Å². The molecule has 1 aromatic rings. The molecule has 2 rings (SSSR count). The van der Waals surface area contributed by atoms with E-state index < -0.39 is 0 Å². The molecule has 1 aliphatic heterocycles. The summed E-state index contributed by atoms with van der Waals surface area (Å²) in [7, 11) is 1.49. The molecule has 4 nitrogen and oxygen atoms in total. The van der Waals surface area contributed by atoms with Gasteiger partial charge < -0.3 is 4.74 Å². The molecule has 100 valence electrons. The number of carbonyl (C=O) groups is 2. The Morgan fingerprint density at radius 2 is 1.95 bits per heavy atom. The van der Waals surface area contributed by atoms with Crippen LogP contribution in [0.4, 0.5) is 0 Å². The van der Waals surface area contributed by atoms with Crippen LogP contribution in [0.1, 0.15) is 40.5 Å². The van der Waals surface area contributed by atoms with E-state index in [9.17, 15) is 9.59 Å². The van der Waals surface area contributed by atoms with Crippen LogP contribution in [0.25, 0.3) is 0 Å². The van der Waals surface area contributed by atoms with Gasteiger partial charge in [0.15, 0.2) is 0 Å². The van der Waals surface area contributed by atoms with Crippen LogP contribution in [-0.4, -0.2) is 30.4 Å². The molecule has 1 aromatic carbocycles. The Hall–Kier alpha value is -2.10. The summed E-state index contributed by atoms with van der Waals surface area (Å²) >= 11 is 0. The highest BCUT2D eigenvalue weighted by Crippen LogP contribution is 2.25. The molecule has 4 heteroatoms. The first kappa shape index (κ1) is 13.3. The van der Waals surface area contributed by atoms with Crippen molar-refractivity contribution in [3.8, 4) is 5.75 Å². The van der Waals surface area contributed by atoms with Crippen LogP contribution in [0, 0.1) is 0 Å². The molecule has 1 aliphatic rings. The van der Waals surface area contributed by atoms with Crippen LogP contribution in [0.15, 0.2) is 30.4 Å². The van der Waals surface area contributed by atoms with Gasteiger partial charge in [-0.1, -0.05) is 12.2 Å². The number of hydrogen-bond acceptors (Lipinski definition) is 3. The number of allylic oxidation sites excluding steroid dienone is 2. The fraction of sp³-hybridized carbons (Fsp3) is 0.333. The van der Waals surface area contributed by atoms with E-state index in [1.165, 1.54) is 7.05 Å². The number of hydrogen-bond donors (Lipinski definition) is 0. The van der Waals surface area contributed by atoms with Gasteiger partial charge in [-0.2, -0.15) is 0 Å². The second-order valence-corrected chi connectivity index (χ2v) is 4.44. The van der Waals surface area contributed by atoms with E-state index >= 15 is 0 Å². The highest BCUT2D eigenvalue weighted by molar-refractivity contribution is 6.21. The first-order valence-corrected chi connectivity index (χ1v) is 6.35. The third-order valence-electron chi connectivity index (χ3n) is 3.08. The number of rotatable bonds is 5. The molecule has 2 amide bonds. The largest absolute Gasteiger partial charge is 0.494 e. The molecule has 0 unspecified atom stereocenters. The molecule has 0 bridgehead atoms. The quantitative estimate of drug-likeness (QED) is 0.464. The van der Waals surface area contributed by atoms with Gasteiger partial charge in [0, 0.05) is 7.05 Å². The van der Waals surface area contributed by atoms with Crippen molar-refractivity contribution < 1.29 is 14.3 Å². The van der Waals surface area contributed by atoms with Gasteiger partial charge in [0.2, 0.25) is 0 Å². The normalized spacial score (nSPS) is 14.3. The highest BCUT2D eigenvalue weighted by atomic mass is 16.5. The van der Waals surface area contributed by atoms with Crippen LogP contribution in [0.5, 0.6) is 5.75 Å². The lowest BCUT2D eigenvalue weighted by Crippen LogP contribution is -2.24. The number of nitrogens with zero attached hydrogens (tertiary/aromatic N) is 1. The molecule has 0 atom stereocenters. The van der Waals surface area contributed by atoms with Crippen molar-refractivity contribution in [1.29, 1.82) is 0 Å². The molecule has 0 saturated carbocycles. The molecule has 0 aromatic heterocycles. The molecular weight excluding hydrogens is 242 g/mol. The Bertz CT molecular complexity index is 534. The average molecular weight is 259 g/mol. The van der Waals surface area contributed by atoms with E-state index in [0.717, 1.165) is 17.7 Å². The third kappa shape index (κ3) is 2.67. The van der Waals surface area contributed by atoms with E-state index in [2.05, 4.69) is 6.08 Å². The van der Waals surface area contributed by atoms with Crippen LogP contribution in [0.3, 0.4) is 0 Å². The van der Waals surface area contributed by atoms with E-state index in [0.29, 0.717) is 23.5 Å². The Morgan fingerprint density at radius 1 is 1.21 bits per heavy atom. The molecule has 0 N–H and O–H groups in total. The summed E-state index contributed by atoms with van der Waals surface area (Å²) in [5.74, 6) is 0.120. The monoisotopic (exact) mass is 259 g/mol. The minimum absolute atomic E-state index is 0.250. The Balaban J connectivity index is 2.02. The number of carbonyl (C=O) groups excluding carboxylic acids is 2. The van der Waals surface area contributed by atoms with Gasteiger partial charge in [0.05, 0.1) is 17.7 Å². The zero-order valence-electron chi connectivity index (χ0n) is 11.2. The van der Waals surface area contributed by atoms with Crippen LogP contribution in [0.2, 0.25) is 0 Å². The summed E-state index contributed by atoms with van der Waals surface area (Å²) in [6, 6.07) is 5.04. The topological polar surface area (TPSA) is 46.6 Å². The van der Waals surface area contributed by atoms with Crippen molar-refractivity contribution in [3.05, 3.63) is 41.5 Å². The van der Waals surface area contributed by atoms with Crippen molar-refractivity contribution in [1.82, 2.24) is 4.90 Å². The fourth-order valence-corrected chi connectivity index (χ4v) is 1.99. The third-order valence-corrected chi connectivity index (χ3v) is 3.08. The lowest BCUT2D eigenvalue weighted by atomic mass is 10.1. The molecule has 0 aliphatic carbocycles.